The molecule has 1 spiro atoms. The fraction of sp³-hybridized carbons (Fsp3) is 0.0294. The molecule has 3 aliphatic carbocycles. The quantitative estimate of drug-likeness (QED) is 0.156. The van der Waals surface area contributed by atoms with E-state index in [1.165, 1.54) is 127 Å². The van der Waals surface area contributed by atoms with Crippen molar-refractivity contribution in [3.05, 3.63) is 294 Å². The number of benzene rings is 12. The van der Waals surface area contributed by atoms with Crippen LogP contribution in [-0.2, 0) is 5.41 Å². The van der Waals surface area contributed by atoms with Gasteiger partial charge in [-0.15, -0.1) is 0 Å². The predicted octanol–water partition coefficient (Wildman–Crippen LogP) is 17.8. The molecule has 0 aromatic heterocycles. The first-order chi connectivity index (χ1) is 34.3. The number of hydrogen-bond acceptors (Lipinski definition) is 1. The third-order valence-electron chi connectivity index (χ3n) is 15.7. The third-order valence-corrected chi connectivity index (χ3v) is 15.7. The van der Waals surface area contributed by atoms with E-state index in [0.717, 1.165) is 5.69 Å². The molecule has 0 atom stereocenters. The molecule has 0 fully saturated rings. The van der Waals surface area contributed by atoms with E-state index in [0.29, 0.717) is 0 Å². The van der Waals surface area contributed by atoms with Crippen molar-refractivity contribution in [3.8, 4) is 44.5 Å². The Morgan fingerprint density at radius 2 is 0.754 bits per heavy atom. The van der Waals surface area contributed by atoms with Gasteiger partial charge in [-0.1, -0.05) is 224 Å². The Morgan fingerprint density at radius 1 is 0.290 bits per heavy atom. The summed E-state index contributed by atoms with van der Waals surface area (Å²) in [6.07, 6.45) is 0. The van der Waals surface area contributed by atoms with Gasteiger partial charge in [0.1, 0.15) is 0 Å². The Morgan fingerprint density at radius 3 is 1.36 bits per heavy atom. The van der Waals surface area contributed by atoms with Gasteiger partial charge in [0.25, 0.3) is 0 Å². The lowest BCUT2D eigenvalue weighted by atomic mass is 9.48. The Hall–Kier alpha value is -8.78. The molecule has 0 radical (unpaired) electrons. The van der Waals surface area contributed by atoms with Gasteiger partial charge in [-0.2, -0.15) is 0 Å². The number of nitrogens with zero attached hydrogens (tertiary/aromatic N) is 1. The van der Waals surface area contributed by atoms with Gasteiger partial charge in [0.05, 0.1) is 16.8 Å². The van der Waals surface area contributed by atoms with Gasteiger partial charge < -0.3 is 4.90 Å². The van der Waals surface area contributed by atoms with Crippen LogP contribution in [0.2, 0.25) is 0 Å². The first kappa shape index (κ1) is 38.3. The molecule has 12 aromatic carbocycles. The number of rotatable bonds is 5. The van der Waals surface area contributed by atoms with Crippen molar-refractivity contribution >= 4 is 49.4 Å². The molecule has 0 saturated heterocycles. The number of hydrogen-bond donors (Lipinski definition) is 0. The van der Waals surface area contributed by atoms with Crippen LogP contribution in [0.15, 0.2) is 255 Å². The van der Waals surface area contributed by atoms with E-state index in [-0.39, 0.29) is 5.92 Å². The highest BCUT2D eigenvalue weighted by molar-refractivity contribution is 6.26. The smallest absolute Gasteiger partial charge is 0.0751 e. The van der Waals surface area contributed by atoms with Crippen LogP contribution in [0.5, 0.6) is 0 Å². The minimum absolute atomic E-state index is 0.0327. The van der Waals surface area contributed by atoms with E-state index in [1.54, 1.807) is 0 Å². The normalized spacial score (nSPS) is 16.0. The Labute approximate surface area is 401 Å². The first-order valence-electron chi connectivity index (χ1n) is 24.2. The molecule has 320 valence electrons. The average Bonchev–Trinajstić information content (AvgIpc) is 3.43. The number of fused-ring (bicyclic) bond motifs is 7. The van der Waals surface area contributed by atoms with Crippen molar-refractivity contribution in [3.63, 3.8) is 0 Å². The standard InChI is InChI=1S/C68H43N/c1-3-19-43(20-4-1)47-23-7-8-25-49(47)45-35-39-63-62(41-45)68-60-33-17-15-31-57(60)65(58-32-16-18-34-61(58)68)66-56(50-26-10-9-24-48(50)44-21-5-2-6-22-44)38-40-64(67(66)68)69(63)46-36-37-55-53-29-12-11-27-51(53)52-28-13-14-30-54(52)59(55)42-46/h1-42,65H. The molecule has 2 bridgehead atoms. The molecule has 4 aliphatic rings. The third kappa shape index (κ3) is 5.25. The fourth-order valence-electron chi connectivity index (χ4n) is 13.1. The average molecular weight is 874 g/mol. The van der Waals surface area contributed by atoms with Gasteiger partial charge in [0, 0.05) is 17.2 Å². The highest BCUT2D eigenvalue weighted by atomic mass is 15.2. The van der Waals surface area contributed by atoms with Crippen LogP contribution in [0.3, 0.4) is 0 Å². The van der Waals surface area contributed by atoms with Crippen LogP contribution < -0.4 is 4.90 Å². The summed E-state index contributed by atoms with van der Waals surface area (Å²) < 4.78 is 0. The molecule has 12 aromatic rings. The molecule has 1 heterocycles. The lowest BCUT2D eigenvalue weighted by molar-refractivity contribution is 0.623. The minimum Gasteiger partial charge on any atom is -0.310 e. The summed E-state index contributed by atoms with van der Waals surface area (Å²) >= 11 is 0. The lowest BCUT2D eigenvalue weighted by Crippen LogP contribution is -2.47. The summed E-state index contributed by atoms with van der Waals surface area (Å²) in [7, 11) is 0. The van der Waals surface area contributed by atoms with Crippen LogP contribution in [0, 0.1) is 0 Å². The molecular weight excluding hydrogens is 831 g/mol. The molecular formula is C68H43N. The predicted molar refractivity (Wildman–Crippen MR) is 288 cm³/mol. The van der Waals surface area contributed by atoms with E-state index in [4.69, 9.17) is 0 Å². The lowest BCUT2D eigenvalue weighted by Gasteiger charge is -2.56. The minimum atomic E-state index is -0.617. The van der Waals surface area contributed by atoms with Crippen molar-refractivity contribution in [1.82, 2.24) is 0 Å². The molecule has 0 unspecified atom stereocenters. The molecule has 1 aliphatic heterocycles. The van der Waals surface area contributed by atoms with Crippen molar-refractivity contribution in [1.29, 1.82) is 0 Å². The second-order valence-corrected chi connectivity index (χ2v) is 19.0. The van der Waals surface area contributed by atoms with E-state index in [9.17, 15) is 0 Å². The number of anilines is 3. The monoisotopic (exact) mass is 873 g/mol. The Balaban J connectivity index is 1.09. The van der Waals surface area contributed by atoms with Crippen LogP contribution in [0.25, 0.3) is 76.8 Å². The zero-order valence-electron chi connectivity index (χ0n) is 37.8. The van der Waals surface area contributed by atoms with Crippen molar-refractivity contribution in [2.24, 2.45) is 0 Å². The van der Waals surface area contributed by atoms with Gasteiger partial charge in [0.2, 0.25) is 0 Å². The highest BCUT2D eigenvalue weighted by Crippen LogP contribution is 2.69. The summed E-state index contributed by atoms with van der Waals surface area (Å²) in [6, 6.07) is 95.9. The van der Waals surface area contributed by atoms with Gasteiger partial charge in [-0.25, -0.2) is 0 Å². The molecule has 0 saturated carbocycles. The molecule has 0 N–H and O–H groups in total. The van der Waals surface area contributed by atoms with Crippen LogP contribution in [0.4, 0.5) is 17.1 Å². The van der Waals surface area contributed by atoms with Crippen LogP contribution >= 0.6 is 0 Å². The molecule has 16 rings (SSSR count). The van der Waals surface area contributed by atoms with Gasteiger partial charge in [0.15, 0.2) is 0 Å². The van der Waals surface area contributed by atoms with Crippen LogP contribution in [0.1, 0.15) is 44.9 Å². The maximum Gasteiger partial charge on any atom is 0.0751 e. The van der Waals surface area contributed by atoms with Crippen molar-refractivity contribution in [2.45, 2.75) is 11.3 Å². The maximum atomic E-state index is 2.61. The second kappa shape index (κ2) is 14.6. The van der Waals surface area contributed by atoms with Crippen molar-refractivity contribution in [2.75, 3.05) is 4.90 Å². The van der Waals surface area contributed by atoms with E-state index in [1.807, 2.05) is 0 Å². The maximum absolute atomic E-state index is 2.61. The largest absolute Gasteiger partial charge is 0.310 e. The Kier molecular flexibility index (Phi) is 8.12. The highest BCUT2D eigenvalue weighted by Gasteiger charge is 2.58. The van der Waals surface area contributed by atoms with E-state index in [2.05, 4.69) is 260 Å². The summed E-state index contributed by atoms with van der Waals surface area (Å²) in [5.74, 6) is 0.0327. The summed E-state index contributed by atoms with van der Waals surface area (Å²) in [6.45, 7) is 0. The SMILES string of the molecule is c1ccc(-c2ccccc2-c2ccc3c(c2)C24c5ccccc5C(c5ccccc52)c2c(-c5ccccc5-c5ccccc5)ccc(c24)N3c2ccc3c4ccccc4c4ccccc4c3c2)cc1. The topological polar surface area (TPSA) is 3.24 Å². The van der Waals surface area contributed by atoms with Gasteiger partial charge in [-0.05, 0) is 141 Å². The summed E-state index contributed by atoms with van der Waals surface area (Å²) in [5, 5.41) is 7.65. The summed E-state index contributed by atoms with van der Waals surface area (Å²) in [5.41, 5.74) is 22.4. The van der Waals surface area contributed by atoms with Crippen molar-refractivity contribution < 1.29 is 0 Å². The molecule has 0 amide bonds. The first-order valence-corrected chi connectivity index (χ1v) is 24.2. The van der Waals surface area contributed by atoms with Crippen LogP contribution in [-0.4, -0.2) is 0 Å². The van der Waals surface area contributed by atoms with Gasteiger partial charge in [-0.3, -0.25) is 0 Å². The summed E-state index contributed by atoms with van der Waals surface area (Å²) in [4.78, 5) is 2.61. The Bertz CT molecular complexity index is 4010. The van der Waals surface area contributed by atoms with E-state index < -0.39 is 5.41 Å². The zero-order valence-corrected chi connectivity index (χ0v) is 37.8. The second-order valence-electron chi connectivity index (χ2n) is 19.0. The van der Waals surface area contributed by atoms with E-state index >= 15 is 0 Å². The van der Waals surface area contributed by atoms with Gasteiger partial charge >= 0.3 is 0 Å². The molecule has 1 nitrogen and oxygen atoms in total. The fourth-order valence-corrected chi connectivity index (χ4v) is 13.1. The zero-order chi connectivity index (χ0) is 45.2. The molecule has 1 heteroatoms. The molecule has 69 heavy (non-hydrogen) atoms.